The van der Waals surface area contributed by atoms with Crippen molar-refractivity contribution < 1.29 is 8.78 Å². The van der Waals surface area contributed by atoms with Crippen LogP contribution in [0.5, 0.6) is 0 Å². The van der Waals surface area contributed by atoms with Crippen molar-refractivity contribution in [2.45, 2.75) is 6.54 Å². The van der Waals surface area contributed by atoms with Crippen LogP contribution in [0.2, 0.25) is 0 Å². The lowest BCUT2D eigenvalue weighted by atomic mass is 10.3. The molecular weight excluding hydrogens is 256 g/mol. The molecule has 1 heterocycles. The van der Waals surface area contributed by atoms with E-state index in [0.29, 0.717) is 0 Å². The Morgan fingerprint density at radius 3 is 2.47 bits per heavy atom. The fraction of sp³-hybridized carbons (Fsp3) is 0.0833. The van der Waals surface area contributed by atoms with E-state index in [9.17, 15) is 18.4 Å². The molecule has 0 aliphatic rings. The topological polar surface area (TPSA) is 67.8 Å². The Kier molecular flexibility index (Phi) is 3.25. The van der Waals surface area contributed by atoms with Gasteiger partial charge in [0.1, 0.15) is 6.54 Å². The summed E-state index contributed by atoms with van der Waals surface area (Å²) in [6, 6.07) is 4.58. The van der Waals surface area contributed by atoms with E-state index in [1.807, 2.05) is 0 Å². The van der Waals surface area contributed by atoms with E-state index < -0.39 is 22.8 Å². The lowest BCUT2D eigenvalue weighted by molar-refractivity contribution is 0.507. The molecule has 2 aromatic rings. The zero-order valence-electron chi connectivity index (χ0n) is 9.51. The van der Waals surface area contributed by atoms with E-state index in [2.05, 4.69) is 0 Å². The van der Waals surface area contributed by atoms with Gasteiger partial charge in [0.15, 0.2) is 11.6 Å². The number of hydrogen-bond donors (Lipinski definition) is 0. The summed E-state index contributed by atoms with van der Waals surface area (Å²) >= 11 is 0. The monoisotopic (exact) mass is 263 g/mol. The summed E-state index contributed by atoms with van der Waals surface area (Å²) in [5.74, 6) is -2.17. The summed E-state index contributed by atoms with van der Waals surface area (Å²) in [5, 5.41) is 8.48. The van der Waals surface area contributed by atoms with Gasteiger partial charge in [0, 0.05) is 18.5 Å². The summed E-state index contributed by atoms with van der Waals surface area (Å²) in [4.78, 5) is 23.4. The van der Waals surface area contributed by atoms with E-state index in [-0.39, 0.29) is 12.2 Å². The first-order valence-electron chi connectivity index (χ1n) is 5.19. The van der Waals surface area contributed by atoms with Crippen molar-refractivity contribution in [1.29, 1.82) is 5.26 Å². The van der Waals surface area contributed by atoms with Crippen LogP contribution in [-0.4, -0.2) is 9.13 Å². The van der Waals surface area contributed by atoms with Gasteiger partial charge in [0.05, 0.1) is 11.8 Å². The quantitative estimate of drug-likeness (QED) is 0.753. The average molecular weight is 263 g/mol. The molecule has 19 heavy (non-hydrogen) atoms. The molecule has 0 bridgehead atoms. The van der Waals surface area contributed by atoms with Crippen LogP contribution in [0, 0.1) is 23.0 Å². The second-order valence-corrected chi connectivity index (χ2v) is 3.66. The van der Waals surface area contributed by atoms with Crippen molar-refractivity contribution in [2.24, 2.45) is 0 Å². The van der Waals surface area contributed by atoms with Crippen molar-refractivity contribution in [1.82, 2.24) is 9.13 Å². The number of halogens is 2. The maximum absolute atomic E-state index is 13.1. The number of nitrogens with zero attached hydrogens (tertiary/aromatic N) is 3. The lowest BCUT2D eigenvalue weighted by Gasteiger charge is -2.07. The Morgan fingerprint density at radius 1 is 1.11 bits per heavy atom. The third-order valence-corrected chi connectivity index (χ3v) is 2.48. The second-order valence-electron chi connectivity index (χ2n) is 3.66. The van der Waals surface area contributed by atoms with Crippen molar-refractivity contribution in [2.75, 3.05) is 0 Å². The van der Waals surface area contributed by atoms with Gasteiger partial charge in [-0.15, -0.1) is 0 Å². The number of aromatic nitrogens is 2. The average Bonchev–Trinajstić information content (AvgIpc) is 2.39. The Bertz CT molecular complexity index is 787. The fourth-order valence-electron chi connectivity index (χ4n) is 1.55. The van der Waals surface area contributed by atoms with Crippen LogP contribution in [0.15, 0.2) is 40.2 Å². The number of benzene rings is 1. The Hall–Kier alpha value is -2.75. The van der Waals surface area contributed by atoms with E-state index in [4.69, 9.17) is 5.26 Å². The first kappa shape index (κ1) is 12.7. The fourth-order valence-corrected chi connectivity index (χ4v) is 1.55. The molecule has 0 amide bonds. The number of hydrogen-bond acceptors (Lipinski definition) is 3. The molecule has 0 saturated carbocycles. The summed E-state index contributed by atoms with van der Waals surface area (Å²) < 4.78 is 27.7. The first-order valence-corrected chi connectivity index (χ1v) is 5.19. The van der Waals surface area contributed by atoms with Crippen LogP contribution in [0.25, 0.3) is 5.69 Å². The molecular formula is C12H7F2N3O2. The van der Waals surface area contributed by atoms with Crippen molar-refractivity contribution in [3.8, 4) is 11.8 Å². The van der Waals surface area contributed by atoms with Crippen LogP contribution in [0.3, 0.4) is 0 Å². The van der Waals surface area contributed by atoms with Gasteiger partial charge in [-0.3, -0.25) is 18.7 Å². The molecule has 5 nitrogen and oxygen atoms in total. The van der Waals surface area contributed by atoms with Gasteiger partial charge < -0.3 is 0 Å². The molecule has 96 valence electrons. The number of nitriles is 1. The highest BCUT2D eigenvalue weighted by molar-refractivity contribution is 5.32. The molecule has 2 rings (SSSR count). The zero-order valence-corrected chi connectivity index (χ0v) is 9.51. The highest BCUT2D eigenvalue weighted by Gasteiger charge is 2.09. The Labute approximate surface area is 105 Å². The van der Waals surface area contributed by atoms with E-state index >= 15 is 0 Å². The minimum atomic E-state index is -1.12. The van der Waals surface area contributed by atoms with Crippen LogP contribution >= 0.6 is 0 Å². The van der Waals surface area contributed by atoms with Gasteiger partial charge in [-0.25, -0.2) is 8.78 Å². The predicted octanol–water partition coefficient (Wildman–Crippen LogP) is 0.801. The highest BCUT2D eigenvalue weighted by Crippen LogP contribution is 2.10. The Balaban J connectivity index is 2.62. The Morgan fingerprint density at radius 2 is 1.84 bits per heavy atom. The maximum atomic E-state index is 13.1. The summed E-state index contributed by atoms with van der Waals surface area (Å²) in [6.07, 6.45) is 2.45. The van der Waals surface area contributed by atoms with E-state index in [1.165, 1.54) is 18.5 Å². The number of rotatable bonds is 2. The minimum Gasteiger partial charge on any atom is -0.295 e. The molecule has 0 unspecified atom stereocenters. The standard InChI is InChI=1S/C12H7F2N3O2/c13-9-2-1-8(7-10(9)14)17-6-5-16(4-3-15)11(18)12(17)19/h1-2,5-7H,4H2. The largest absolute Gasteiger partial charge is 0.321 e. The van der Waals surface area contributed by atoms with E-state index in [1.54, 1.807) is 6.07 Å². The minimum absolute atomic E-state index is 0.0325. The molecule has 0 aliphatic carbocycles. The van der Waals surface area contributed by atoms with E-state index in [0.717, 1.165) is 21.3 Å². The second kappa shape index (κ2) is 4.86. The van der Waals surface area contributed by atoms with Gasteiger partial charge in [0.2, 0.25) is 0 Å². The highest BCUT2D eigenvalue weighted by atomic mass is 19.2. The van der Waals surface area contributed by atoms with Gasteiger partial charge in [-0.05, 0) is 12.1 Å². The molecule has 0 aliphatic heterocycles. The molecule has 0 N–H and O–H groups in total. The molecule has 0 saturated heterocycles. The SMILES string of the molecule is N#CCn1ccn(-c2ccc(F)c(F)c2)c(=O)c1=O. The molecule has 0 spiro atoms. The third kappa shape index (κ3) is 2.28. The first-order chi connectivity index (χ1) is 9.04. The van der Waals surface area contributed by atoms with Crippen LogP contribution in [-0.2, 0) is 6.54 Å². The van der Waals surface area contributed by atoms with Crippen LogP contribution < -0.4 is 11.1 Å². The van der Waals surface area contributed by atoms with Gasteiger partial charge in [0.25, 0.3) is 0 Å². The molecule has 1 aromatic carbocycles. The van der Waals surface area contributed by atoms with Gasteiger partial charge >= 0.3 is 11.1 Å². The van der Waals surface area contributed by atoms with Gasteiger partial charge in [-0.1, -0.05) is 0 Å². The molecule has 1 aromatic heterocycles. The normalized spacial score (nSPS) is 10.2. The molecule has 0 atom stereocenters. The van der Waals surface area contributed by atoms with Crippen molar-refractivity contribution in [3.05, 3.63) is 62.9 Å². The van der Waals surface area contributed by atoms with Gasteiger partial charge in [-0.2, -0.15) is 5.26 Å². The third-order valence-electron chi connectivity index (χ3n) is 2.48. The van der Waals surface area contributed by atoms with Crippen molar-refractivity contribution >= 4 is 0 Å². The van der Waals surface area contributed by atoms with Crippen molar-refractivity contribution in [3.63, 3.8) is 0 Å². The zero-order chi connectivity index (χ0) is 14.0. The summed E-state index contributed by atoms with van der Waals surface area (Å²) in [5.41, 5.74) is -1.82. The smallest absolute Gasteiger partial charge is 0.295 e. The van der Waals surface area contributed by atoms with Crippen LogP contribution in [0.1, 0.15) is 0 Å². The maximum Gasteiger partial charge on any atom is 0.321 e. The lowest BCUT2D eigenvalue weighted by Crippen LogP contribution is -2.39. The summed E-state index contributed by atoms with van der Waals surface area (Å²) in [7, 11) is 0. The predicted molar refractivity (Wildman–Crippen MR) is 61.8 cm³/mol. The molecule has 0 fully saturated rings. The summed E-state index contributed by atoms with van der Waals surface area (Å²) in [6.45, 7) is -0.257. The van der Waals surface area contributed by atoms with Crippen LogP contribution in [0.4, 0.5) is 8.78 Å². The molecule has 7 heteroatoms. The molecule has 0 radical (unpaired) electrons.